The standard InChI is InChI=1S/C24H21F4N3O2/c1-14-10-19(18-8-7-17(25)12-20(18)29-14)23(33)30-21(13-31-9-3-6-22(31)32)15-4-2-5-16(11-15)24(26,27)28/h2,4-5,7-8,10-12,21H,3,6,9,13H2,1H3,(H,30,33). The minimum Gasteiger partial charge on any atom is -0.343 e. The lowest BCUT2D eigenvalue weighted by Gasteiger charge is -2.26. The highest BCUT2D eigenvalue weighted by molar-refractivity contribution is 6.06. The van der Waals surface area contributed by atoms with Crippen LogP contribution >= 0.6 is 0 Å². The third-order valence-electron chi connectivity index (χ3n) is 5.64. The summed E-state index contributed by atoms with van der Waals surface area (Å²) in [5.41, 5.74) is 0.406. The van der Waals surface area contributed by atoms with E-state index in [-0.39, 0.29) is 23.6 Å². The van der Waals surface area contributed by atoms with E-state index in [1.165, 1.54) is 35.2 Å². The van der Waals surface area contributed by atoms with Crippen LogP contribution in [0, 0.1) is 12.7 Å². The van der Waals surface area contributed by atoms with E-state index >= 15 is 0 Å². The van der Waals surface area contributed by atoms with Crippen LogP contribution in [0.25, 0.3) is 10.9 Å². The number of likely N-dealkylation sites (tertiary alicyclic amines) is 1. The SMILES string of the molecule is Cc1cc(C(=O)NC(CN2CCCC2=O)c2cccc(C(F)(F)F)c2)c2ccc(F)cc2n1. The van der Waals surface area contributed by atoms with Crippen molar-refractivity contribution in [3.05, 3.63) is 76.7 Å². The van der Waals surface area contributed by atoms with Crippen LogP contribution in [0.2, 0.25) is 0 Å². The summed E-state index contributed by atoms with van der Waals surface area (Å²) in [6.07, 6.45) is -3.53. The second-order valence-electron chi connectivity index (χ2n) is 8.07. The van der Waals surface area contributed by atoms with Crippen LogP contribution in [0.4, 0.5) is 17.6 Å². The Bertz CT molecular complexity index is 1220. The molecule has 2 aromatic carbocycles. The molecule has 1 fully saturated rings. The summed E-state index contributed by atoms with van der Waals surface area (Å²) in [4.78, 5) is 31.2. The van der Waals surface area contributed by atoms with Crippen molar-refractivity contribution >= 4 is 22.7 Å². The zero-order valence-electron chi connectivity index (χ0n) is 17.7. The van der Waals surface area contributed by atoms with E-state index in [2.05, 4.69) is 10.3 Å². The molecule has 2 amide bonds. The number of rotatable bonds is 5. The van der Waals surface area contributed by atoms with Crippen molar-refractivity contribution in [2.75, 3.05) is 13.1 Å². The number of aromatic nitrogens is 1. The van der Waals surface area contributed by atoms with Crippen LogP contribution in [-0.2, 0) is 11.0 Å². The quantitative estimate of drug-likeness (QED) is 0.558. The van der Waals surface area contributed by atoms with Gasteiger partial charge in [-0.1, -0.05) is 12.1 Å². The zero-order valence-corrected chi connectivity index (χ0v) is 17.7. The molecular formula is C24H21F4N3O2. The average molecular weight is 459 g/mol. The molecule has 4 rings (SSSR count). The fourth-order valence-corrected chi connectivity index (χ4v) is 4.04. The molecule has 0 spiro atoms. The highest BCUT2D eigenvalue weighted by atomic mass is 19.4. The minimum absolute atomic E-state index is 0.0442. The van der Waals surface area contributed by atoms with Crippen LogP contribution in [0.15, 0.2) is 48.5 Å². The number of nitrogens with one attached hydrogen (secondary N) is 1. The largest absolute Gasteiger partial charge is 0.416 e. The van der Waals surface area contributed by atoms with Gasteiger partial charge < -0.3 is 10.2 Å². The minimum atomic E-state index is -4.55. The van der Waals surface area contributed by atoms with Gasteiger partial charge >= 0.3 is 6.18 Å². The van der Waals surface area contributed by atoms with E-state index in [1.807, 2.05) is 0 Å². The second-order valence-corrected chi connectivity index (χ2v) is 8.07. The van der Waals surface area contributed by atoms with Crippen LogP contribution in [0.1, 0.15) is 46.1 Å². The van der Waals surface area contributed by atoms with Gasteiger partial charge in [-0.3, -0.25) is 14.6 Å². The Balaban J connectivity index is 1.71. The second kappa shape index (κ2) is 8.80. The van der Waals surface area contributed by atoms with E-state index in [4.69, 9.17) is 0 Å². The molecule has 1 aliphatic rings. The number of pyridine rings is 1. The fourth-order valence-electron chi connectivity index (χ4n) is 4.04. The monoisotopic (exact) mass is 459 g/mol. The van der Waals surface area contributed by atoms with Gasteiger partial charge in [0.15, 0.2) is 0 Å². The maximum atomic E-state index is 13.7. The molecule has 1 aromatic heterocycles. The summed E-state index contributed by atoms with van der Waals surface area (Å²) >= 11 is 0. The number of benzene rings is 2. The van der Waals surface area contributed by atoms with Crippen molar-refractivity contribution in [2.45, 2.75) is 32.0 Å². The van der Waals surface area contributed by atoms with Crippen molar-refractivity contribution < 1.29 is 27.2 Å². The lowest BCUT2D eigenvalue weighted by molar-refractivity contribution is -0.137. The first-order chi connectivity index (χ1) is 15.6. The first-order valence-electron chi connectivity index (χ1n) is 10.4. The molecule has 1 aliphatic heterocycles. The lowest BCUT2D eigenvalue weighted by Crippen LogP contribution is -2.38. The van der Waals surface area contributed by atoms with Crippen LogP contribution in [0.3, 0.4) is 0 Å². The van der Waals surface area contributed by atoms with E-state index in [1.54, 1.807) is 13.0 Å². The molecule has 1 N–H and O–H groups in total. The maximum absolute atomic E-state index is 13.7. The molecule has 0 saturated carbocycles. The molecule has 0 radical (unpaired) electrons. The molecule has 0 bridgehead atoms. The van der Waals surface area contributed by atoms with Crippen molar-refractivity contribution in [3.8, 4) is 0 Å². The predicted molar refractivity (Wildman–Crippen MR) is 114 cm³/mol. The van der Waals surface area contributed by atoms with Gasteiger partial charge in [0.1, 0.15) is 5.82 Å². The molecule has 1 unspecified atom stereocenters. The smallest absolute Gasteiger partial charge is 0.343 e. The number of amides is 2. The summed E-state index contributed by atoms with van der Waals surface area (Å²) in [6, 6.07) is 9.24. The Morgan fingerprint density at radius 1 is 1.18 bits per heavy atom. The maximum Gasteiger partial charge on any atom is 0.416 e. The summed E-state index contributed by atoms with van der Waals surface area (Å²) < 4.78 is 53.5. The molecule has 5 nitrogen and oxygen atoms in total. The Morgan fingerprint density at radius 3 is 2.67 bits per heavy atom. The molecule has 1 saturated heterocycles. The number of nitrogens with zero attached hydrogens (tertiary/aromatic N) is 2. The normalized spacial score (nSPS) is 15.2. The van der Waals surface area contributed by atoms with Crippen molar-refractivity contribution in [1.82, 2.24) is 15.2 Å². The van der Waals surface area contributed by atoms with Crippen molar-refractivity contribution in [3.63, 3.8) is 0 Å². The molecule has 33 heavy (non-hydrogen) atoms. The highest BCUT2D eigenvalue weighted by Crippen LogP contribution is 2.31. The lowest BCUT2D eigenvalue weighted by atomic mass is 10.0. The van der Waals surface area contributed by atoms with Gasteiger partial charge in [0.25, 0.3) is 5.91 Å². The number of aryl methyl sites for hydroxylation is 1. The molecule has 2 heterocycles. The van der Waals surface area contributed by atoms with Crippen molar-refractivity contribution in [1.29, 1.82) is 0 Å². The summed E-state index contributed by atoms with van der Waals surface area (Å²) in [5.74, 6) is -1.16. The average Bonchev–Trinajstić information content (AvgIpc) is 3.16. The number of fused-ring (bicyclic) bond motifs is 1. The van der Waals surface area contributed by atoms with Gasteiger partial charge in [-0.05, 0) is 49.2 Å². The number of carbonyl (C=O) groups is 2. The molecule has 172 valence electrons. The first kappa shape index (κ1) is 22.7. The fraction of sp³-hybridized carbons (Fsp3) is 0.292. The summed E-state index contributed by atoms with van der Waals surface area (Å²) in [5, 5.41) is 3.20. The van der Waals surface area contributed by atoms with Crippen molar-refractivity contribution in [2.24, 2.45) is 0 Å². The number of hydrogen-bond donors (Lipinski definition) is 1. The zero-order chi connectivity index (χ0) is 23.8. The Morgan fingerprint density at radius 2 is 1.97 bits per heavy atom. The third-order valence-corrected chi connectivity index (χ3v) is 5.64. The van der Waals surface area contributed by atoms with E-state index < -0.39 is 29.5 Å². The van der Waals surface area contributed by atoms with Gasteiger partial charge in [0.05, 0.1) is 22.7 Å². The molecule has 9 heteroatoms. The predicted octanol–water partition coefficient (Wildman–Crippen LogP) is 4.79. The Kier molecular flexibility index (Phi) is 6.05. The molecule has 1 atom stereocenters. The Hall–Kier alpha value is -3.49. The van der Waals surface area contributed by atoms with Gasteiger partial charge in [-0.2, -0.15) is 13.2 Å². The van der Waals surface area contributed by atoms with Gasteiger partial charge in [-0.15, -0.1) is 0 Å². The number of carbonyl (C=O) groups excluding carboxylic acids is 2. The number of hydrogen-bond acceptors (Lipinski definition) is 3. The van der Waals surface area contributed by atoms with Gasteiger partial charge in [-0.25, -0.2) is 4.39 Å². The molecule has 0 aliphatic carbocycles. The van der Waals surface area contributed by atoms with E-state index in [0.29, 0.717) is 36.0 Å². The van der Waals surface area contributed by atoms with Crippen LogP contribution in [-0.4, -0.2) is 34.8 Å². The van der Waals surface area contributed by atoms with Gasteiger partial charge in [0, 0.05) is 36.7 Å². The number of alkyl halides is 3. The molecule has 3 aromatic rings. The van der Waals surface area contributed by atoms with E-state index in [9.17, 15) is 27.2 Å². The summed E-state index contributed by atoms with van der Waals surface area (Å²) in [7, 11) is 0. The summed E-state index contributed by atoms with van der Waals surface area (Å²) in [6.45, 7) is 2.18. The van der Waals surface area contributed by atoms with Crippen LogP contribution < -0.4 is 5.32 Å². The van der Waals surface area contributed by atoms with E-state index in [0.717, 1.165) is 12.1 Å². The third kappa shape index (κ3) is 4.97. The molecular weight excluding hydrogens is 438 g/mol. The number of halogens is 4. The Labute approximate surface area is 187 Å². The van der Waals surface area contributed by atoms with Crippen LogP contribution in [0.5, 0.6) is 0 Å². The first-order valence-corrected chi connectivity index (χ1v) is 10.4. The highest BCUT2D eigenvalue weighted by Gasteiger charge is 2.32. The van der Waals surface area contributed by atoms with Gasteiger partial charge in [0.2, 0.25) is 5.91 Å². The topological polar surface area (TPSA) is 62.3 Å².